The van der Waals surface area contributed by atoms with Gasteiger partial charge in [-0.15, -0.1) is 0 Å². The lowest BCUT2D eigenvalue weighted by Crippen LogP contribution is -2.23. The standard InChI is InChI=1S/C20H20N2O4/c1-13-19(14(2)23)20(24)22(16-10-6-8-12-18(16)26-4)21(13)15-9-5-7-11-17(15)25-3/h5-12H,1-4H3. The number of para-hydroxylation sites is 4. The molecular weight excluding hydrogens is 332 g/mol. The van der Waals surface area contributed by atoms with Crippen LogP contribution in [0, 0.1) is 6.92 Å². The summed E-state index contributed by atoms with van der Waals surface area (Å²) < 4.78 is 14.0. The monoisotopic (exact) mass is 352 g/mol. The van der Waals surface area contributed by atoms with Gasteiger partial charge in [0.05, 0.1) is 19.9 Å². The minimum absolute atomic E-state index is 0.141. The fourth-order valence-electron chi connectivity index (χ4n) is 3.13. The smallest absolute Gasteiger partial charge is 0.283 e. The van der Waals surface area contributed by atoms with Gasteiger partial charge >= 0.3 is 0 Å². The number of nitrogens with zero attached hydrogens (tertiary/aromatic N) is 2. The molecule has 0 aliphatic rings. The largest absolute Gasteiger partial charge is 0.494 e. The molecule has 0 saturated carbocycles. The molecular formula is C20H20N2O4. The van der Waals surface area contributed by atoms with Crippen LogP contribution in [-0.4, -0.2) is 29.4 Å². The second-order valence-corrected chi connectivity index (χ2v) is 5.79. The molecule has 6 nitrogen and oxygen atoms in total. The zero-order valence-electron chi connectivity index (χ0n) is 15.1. The van der Waals surface area contributed by atoms with Crippen LogP contribution in [0.2, 0.25) is 0 Å². The molecule has 3 rings (SSSR count). The van der Waals surface area contributed by atoms with Gasteiger partial charge in [0, 0.05) is 0 Å². The fourth-order valence-corrected chi connectivity index (χ4v) is 3.13. The molecule has 1 aromatic heterocycles. The molecule has 0 spiro atoms. The molecule has 0 radical (unpaired) electrons. The summed E-state index contributed by atoms with van der Waals surface area (Å²) in [6.45, 7) is 3.14. The number of methoxy groups -OCH3 is 2. The third-order valence-electron chi connectivity index (χ3n) is 4.26. The first-order chi connectivity index (χ1) is 12.5. The van der Waals surface area contributed by atoms with E-state index in [1.165, 1.54) is 11.6 Å². The number of ether oxygens (including phenoxy) is 2. The highest BCUT2D eigenvalue weighted by Crippen LogP contribution is 2.28. The third-order valence-corrected chi connectivity index (χ3v) is 4.26. The van der Waals surface area contributed by atoms with Crippen molar-refractivity contribution in [2.45, 2.75) is 13.8 Å². The summed E-state index contributed by atoms with van der Waals surface area (Å²) in [5.74, 6) is 0.826. The highest BCUT2D eigenvalue weighted by molar-refractivity contribution is 5.95. The van der Waals surface area contributed by atoms with Crippen molar-refractivity contribution in [2.24, 2.45) is 0 Å². The van der Waals surface area contributed by atoms with Crippen molar-refractivity contribution >= 4 is 5.78 Å². The van der Waals surface area contributed by atoms with Crippen molar-refractivity contribution in [3.8, 4) is 22.9 Å². The van der Waals surface area contributed by atoms with Crippen LogP contribution in [0.4, 0.5) is 0 Å². The highest BCUT2D eigenvalue weighted by Gasteiger charge is 2.25. The number of carbonyl (C=O) groups is 1. The Hall–Kier alpha value is -3.28. The van der Waals surface area contributed by atoms with E-state index in [0.717, 1.165) is 0 Å². The molecule has 0 saturated heterocycles. The van der Waals surface area contributed by atoms with Crippen LogP contribution < -0.4 is 15.0 Å². The normalized spacial score (nSPS) is 10.6. The van der Waals surface area contributed by atoms with E-state index in [-0.39, 0.29) is 11.3 Å². The fraction of sp³-hybridized carbons (Fsp3) is 0.200. The molecule has 0 unspecified atom stereocenters. The molecule has 0 N–H and O–H groups in total. The summed E-state index contributed by atoms with van der Waals surface area (Å²) in [7, 11) is 3.11. The summed E-state index contributed by atoms with van der Waals surface area (Å²) in [6, 6.07) is 14.5. The van der Waals surface area contributed by atoms with Gasteiger partial charge in [-0.25, -0.2) is 9.36 Å². The van der Waals surface area contributed by atoms with Gasteiger partial charge in [0.15, 0.2) is 5.78 Å². The number of hydrogen-bond donors (Lipinski definition) is 0. The molecule has 2 aromatic carbocycles. The predicted molar refractivity (Wildman–Crippen MR) is 99.2 cm³/mol. The van der Waals surface area contributed by atoms with Crippen LogP contribution >= 0.6 is 0 Å². The Kier molecular flexibility index (Phi) is 4.67. The molecule has 6 heteroatoms. The van der Waals surface area contributed by atoms with Crippen molar-refractivity contribution in [1.82, 2.24) is 9.36 Å². The van der Waals surface area contributed by atoms with Gasteiger partial charge in [-0.05, 0) is 38.1 Å². The molecule has 26 heavy (non-hydrogen) atoms. The summed E-state index contributed by atoms with van der Waals surface area (Å²) in [5, 5.41) is 0. The number of hydrogen-bond acceptors (Lipinski definition) is 4. The Labute approximate surface area is 151 Å². The first kappa shape index (κ1) is 17.5. The summed E-state index contributed by atoms with van der Waals surface area (Å²) in [4.78, 5) is 25.3. The lowest BCUT2D eigenvalue weighted by Gasteiger charge is -2.17. The molecule has 0 atom stereocenters. The van der Waals surface area contributed by atoms with E-state index in [2.05, 4.69) is 0 Å². The molecule has 0 fully saturated rings. The first-order valence-electron chi connectivity index (χ1n) is 8.13. The lowest BCUT2D eigenvalue weighted by atomic mass is 10.2. The molecule has 1 heterocycles. The zero-order chi connectivity index (χ0) is 18.8. The van der Waals surface area contributed by atoms with E-state index in [1.807, 2.05) is 30.3 Å². The quantitative estimate of drug-likeness (QED) is 0.662. The SMILES string of the molecule is COc1ccccc1-n1c(C)c(C(C)=O)c(=O)n1-c1ccccc1OC. The van der Waals surface area contributed by atoms with Gasteiger partial charge in [-0.3, -0.25) is 9.59 Å². The Morgan fingerprint density at radius 3 is 1.77 bits per heavy atom. The number of carbonyl (C=O) groups excluding carboxylic acids is 1. The molecule has 134 valence electrons. The Morgan fingerprint density at radius 1 is 0.846 bits per heavy atom. The second-order valence-electron chi connectivity index (χ2n) is 5.79. The number of benzene rings is 2. The topological polar surface area (TPSA) is 62.5 Å². The van der Waals surface area contributed by atoms with Crippen molar-refractivity contribution < 1.29 is 14.3 Å². The molecule has 0 aliphatic carbocycles. The lowest BCUT2D eigenvalue weighted by molar-refractivity contribution is 0.101. The van der Waals surface area contributed by atoms with E-state index >= 15 is 0 Å². The van der Waals surface area contributed by atoms with Crippen LogP contribution in [0.15, 0.2) is 53.3 Å². The van der Waals surface area contributed by atoms with Crippen molar-refractivity contribution in [2.75, 3.05) is 14.2 Å². The van der Waals surface area contributed by atoms with Gasteiger partial charge in [0.2, 0.25) is 0 Å². The molecule has 0 amide bonds. The van der Waals surface area contributed by atoms with Gasteiger partial charge in [0.1, 0.15) is 28.4 Å². The molecule has 3 aromatic rings. The second kappa shape index (κ2) is 6.92. The first-order valence-corrected chi connectivity index (χ1v) is 8.13. The predicted octanol–water partition coefficient (Wildman–Crippen LogP) is 3.16. The van der Waals surface area contributed by atoms with Gasteiger partial charge in [-0.2, -0.15) is 0 Å². The van der Waals surface area contributed by atoms with Gasteiger partial charge < -0.3 is 9.47 Å². The van der Waals surface area contributed by atoms with Gasteiger partial charge in [-0.1, -0.05) is 24.3 Å². The van der Waals surface area contributed by atoms with E-state index in [4.69, 9.17) is 9.47 Å². The average Bonchev–Trinajstić information content (AvgIpc) is 2.91. The van der Waals surface area contributed by atoms with Crippen LogP contribution in [-0.2, 0) is 0 Å². The van der Waals surface area contributed by atoms with E-state index in [9.17, 15) is 9.59 Å². The number of Topliss-reactive ketones (excluding diaryl/α,β-unsaturated/α-hetero) is 1. The van der Waals surface area contributed by atoms with E-state index in [0.29, 0.717) is 28.6 Å². The zero-order valence-corrected chi connectivity index (χ0v) is 15.1. The van der Waals surface area contributed by atoms with E-state index in [1.54, 1.807) is 44.0 Å². The summed E-state index contributed by atoms with van der Waals surface area (Å²) in [6.07, 6.45) is 0. The Morgan fingerprint density at radius 2 is 1.31 bits per heavy atom. The minimum atomic E-state index is -0.398. The number of aromatic nitrogens is 2. The number of rotatable bonds is 5. The highest BCUT2D eigenvalue weighted by atomic mass is 16.5. The van der Waals surface area contributed by atoms with Crippen molar-refractivity contribution in [1.29, 1.82) is 0 Å². The molecule has 0 bridgehead atoms. The minimum Gasteiger partial charge on any atom is -0.494 e. The third kappa shape index (κ3) is 2.69. The Bertz CT molecular complexity index is 1030. The van der Waals surface area contributed by atoms with Gasteiger partial charge in [0.25, 0.3) is 5.56 Å². The summed E-state index contributed by atoms with van der Waals surface area (Å²) in [5.41, 5.74) is 1.48. The van der Waals surface area contributed by atoms with E-state index < -0.39 is 5.56 Å². The van der Waals surface area contributed by atoms with Crippen LogP contribution in [0.1, 0.15) is 23.0 Å². The summed E-state index contributed by atoms with van der Waals surface area (Å²) >= 11 is 0. The van der Waals surface area contributed by atoms with Crippen LogP contribution in [0.25, 0.3) is 11.4 Å². The van der Waals surface area contributed by atoms with Crippen LogP contribution in [0.5, 0.6) is 11.5 Å². The average molecular weight is 352 g/mol. The van der Waals surface area contributed by atoms with Crippen molar-refractivity contribution in [3.05, 3.63) is 70.1 Å². The maximum atomic E-state index is 13.1. The van der Waals surface area contributed by atoms with Crippen LogP contribution in [0.3, 0.4) is 0 Å². The maximum Gasteiger partial charge on any atom is 0.283 e. The maximum absolute atomic E-state index is 13.1. The molecule has 0 aliphatic heterocycles. The Balaban J connectivity index is 2.47. The van der Waals surface area contributed by atoms with Crippen molar-refractivity contribution in [3.63, 3.8) is 0 Å². The number of ketones is 1.